The number of carbonyl (C=O) groups is 1. The van der Waals surface area contributed by atoms with Crippen LogP contribution in [-0.4, -0.2) is 17.5 Å². The van der Waals surface area contributed by atoms with E-state index in [1.165, 1.54) is 12.1 Å². The number of benzene rings is 2. The van der Waals surface area contributed by atoms with E-state index < -0.39 is 23.2 Å². The van der Waals surface area contributed by atoms with Gasteiger partial charge in [-0.3, -0.25) is 10.1 Å². The van der Waals surface area contributed by atoms with Crippen LogP contribution in [-0.2, 0) is 6.18 Å². The van der Waals surface area contributed by atoms with Gasteiger partial charge in [0.2, 0.25) is 0 Å². The number of nitrogens with zero attached hydrogens (tertiary/aromatic N) is 1. The van der Waals surface area contributed by atoms with Gasteiger partial charge in [0.05, 0.1) is 23.4 Å². The Balaban J connectivity index is 1.74. The summed E-state index contributed by atoms with van der Waals surface area (Å²) in [4.78, 5) is 16.6. The third-order valence-electron chi connectivity index (χ3n) is 3.82. The minimum Gasteiger partial charge on any atom is -0.494 e. The van der Waals surface area contributed by atoms with E-state index in [4.69, 9.17) is 4.74 Å². The molecule has 3 rings (SSSR count). The monoisotopic (exact) mass is 406 g/mol. The zero-order chi connectivity index (χ0) is 20.1. The molecule has 0 bridgehead atoms. The normalized spacial score (nSPS) is 11.3. The summed E-state index contributed by atoms with van der Waals surface area (Å²) in [5.74, 6) is -0.102. The summed E-state index contributed by atoms with van der Waals surface area (Å²) in [6.45, 7) is 2.65. The number of alkyl halides is 3. The van der Waals surface area contributed by atoms with E-state index in [2.05, 4.69) is 10.3 Å². The second-order valence-electron chi connectivity index (χ2n) is 5.91. The Kier molecular flexibility index (Phi) is 5.99. The molecule has 4 nitrogen and oxygen atoms in total. The predicted molar refractivity (Wildman–Crippen MR) is 103 cm³/mol. The van der Waals surface area contributed by atoms with Crippen LogP contribution in [0.25, 0.3) is 11.3 Å². The maximum Gasteiger partial charge on any atom is 0.417 e. The highest BCUT2D eigenvalue weighted by molar-refractivity contribution is 7.14. The number of rotatable bonds is 6. The molecule has 0 saturated heterocycles. The van der Waals surface area contributed by atoms with Crippen molar-refractivity contribution < 1.29 is 22.7 Å². The van der Waals surface area contributed by atoms with Crippen LogP contribution in [0.3, 0.4) is 0 Å². The lowest BCUT2D eigenvalue weighted by atomic mass is 10.1. The smallest absolute Gasteiger partial charge is 0.417 e. The molecule has 2 aromatic carbocycles. The Morgan fingerprint density at radius 1 is 1.14 bits per heavy atom. The fourth-order valence-corrected chi connectivity index (χ4v) is 3.21. The summed E-state index contributed by atoms with van der Waals surface area (Å²) in [6.07, 6.45) is -3.70. The summed E-state index contributed by atoms with van der Waals surface area (Å²) < 4.78 is 44.8. The Bertz CT molecular complexity index is 953. The number of hydrogen-bond donors (Lipinski definition) is 1. The first-order chi connectivity index (χ1) is 13.4. The van der Waals surface area contributed by atoms with Crippen molar-refractivity contribution in [1.29, 1.82) is 0 Å². The number of halogens is 3. The molecule has 0 radical (unpaired) electrons. The Morgan fingerprint density at radius 3 is 2.54 bits per heavy atom. The molecule has 0 fully saturated rings. The molecule has 0 spiro atoms. The fraction of sp³-hybridized carbons (Fsp3) is 0.200. The summed E-state index contributed by atoms with van der Waals surface area (Å²) in [5, 5.41) is 4.40. The van der Waals surface area contributed by atoms with Crippen molar-refractivity contribution in [2.24, 2.45) is 0 Å². The molecule has 1 heterocycles. The lowest BCUT2D eigenvalue weighted by molar-refractivity contribution is -0.137. The largest absolute Gasteiger partial charge is 0.494 e. The predicted octanol–water partition coefficient (Wildman–Crippen LogP) is 5.87. The molecule has 8 heteroatoms. The standard InChI is InChI=1S/C20H17F3N2O2S/c1-2-11-27-14-9-7-13(8-10-14)17-12-28-19(24-17)25-18(26)15-5-3-4-6-16(15)20(21,22)23/h3-10,12H,2,11H2,1H3,(H,24,25,26). The van der Waals surface area contributed by atoms with Gasteiger partial charge in [0, 0.05) is 10.9 Å². The van der Waals surface area contributed by atoms with Gasteiger partial charge in [-0.2, -0.15) is 13.2 Å². The summed E-state index contributed by atoms with van der Waals surface area (Å²) in [5.41, 5.74) is 0.0128. The maximum atomic E-state index is 13.1. The molecule has 0 saturated carbocycles. The third-order valence-corrected chi connectivity index (χ3v) is 4.58. The number of aromatic nitrogens is 1. The third kappa shape index (κ3) is 4.69. The van der Waals surface area contributed by atoms with Crippen LogP contribution < -0.4 is 10.1 Å². The average molecular weight is 406 g/mol. The first-order valence-corrected chi connectivity index (χ1v) is 9.43. The lowest BCUT2D eigenvalue weighted by Gasteiger charge is -2.11. The average Bonchev–Trinajstić information content (AvgIpc) is 3.14. The van der Waals surface area contributed by atoms with Crippen molar-refractivity contribution >= 4 is 22.4 Å². The number of hydrogen-bond acceptors (Lipinski definition) is 4. The first kappa shape index (κ1) is 19.9. The van der Waals surface area contributed by atoms with E-state index in [1.807, 2.05) is 31.2 Å². The van der Waals surface area contributed by atoms with Crippen molar-refractivity contribution in [2.45, 2.75) is 19.5 Å². The fourth-order valence-electron chi connectivity index (χ4n) is 2.50. The van der Waals surface area contributed by atoms with Gasteiger partial charge in [0.25, 0.3) is 5.91 Å². The highest BCUT2D eigenvalue weighted by Gasteiger charge is 2.34. The summed E-state index contributed by atoms with van der Waals surface area (Å²) in [7, 11) is 0. The van der Waals surface area contributed by atoms with Gasteiger partial charge in [-0.1, -0.05) is 19.1 Å². The van der Waals surface area contributed by atoms with Crippen LogP contribution in [0.15, 0.2) is 53.9 Å². The number of anilines is 1. The molecular formula is C20H17F3N2O2S. The van der Waals surface area contributed by atoms with Crippen LogP contribution >= 0.6 is 11.3 Å². The number of carbonyl (C=O) groups excluding carboxylic acids is 1. The molecule has 1 N–H and O–H groups in total. The molecule has 3 aromatic rings. The number of thiazole rings is 1. The van der Waals surface area contributed by atoms with E-state index in [9.17, 15) is 18.0 Å². The van der Waals surface area contributed by atoms with E-state index in [-0.39, 0.29) is 5.13 Å². The first-order valence-electron chi connectivity index (χ1n) is 8.55. The van der Waals surface area contributed by atoms with Gasteiger partial charge in [-0.25, -0.2) is 4.98 Å². The van der Waals surface area contributed by atoms with Crippen LogP contribution in [0.1, 0.15) is 29.3 Å². The summed E-state index contributed by atoms with van der Waals surface area (Å²) in [6, 6.07) is 12.0. The van der Waals surface area contributed by atoms with Gasteiger partial charge in [0.15, 0.2) is 5.13 Å². The van der Waals surface area contributed by atoms with Gasteiger partial charge < -0.3 is 4.74 Å². The van der Waals surface area contributed by atoms with Crippen molar-refractivity contribution in [3.63, 3.8) is 0 Å². The van der Waals surface area contributed by atoms with Crippen molar-refractivity contribution in [3.8, 4) is 17.0 Å². The maximum absolute atomic E-state index is 13.1. The van der Waals surface area contributed by atoms with Gasteiger partial charge in [0.1, 0.15) is 5.75 Å². The van der Waals surface area contributed by atoms with Crippen LogP contribution in [0, 0.1) is 0 Å². The highest BCUT2D eigenvalue weighted by Crippen LogP contribution is 2.33. The van der Waals surface area contributed by atoms with E-state index >= 15 is 0 Å². The molecular weight excluding hydrogens is 389 g/mol. The minimum absolute atomic E-state index is 0.225. The zero-order valence-corrected chi connectivity index (χ0v) is 15.7. The zero-order valence-electron chi connectivity index (χ0n) is 14.9. The van der Waals surface area contributed by atoms with E-state index in [0.717, 1.165) is 41.2 Å². The van der Waals surface area contributed by atoms with Crippen LogP contribution in [0.2, 0.25) is 0 Å². The number of ether oxygens (including phenoxy) is 1. The number of amides is 1. The molecule has 1 amide bonds. The van der Waals surface area contributed by atoms with E-state index in [0.29, 0.717) is 12.3 Å². The van der Waals surface area contributed by atoms with Crippen molar-refractivity contribution in [3.05, 3.63) is 65.0 Å². The van der Waals surface area contributed by atoms with E-state index in [1.54, 1.807) is 5.38 Å². The topological polar surface area (TPSA) is 51.2 Å². The molecule has 146 valence electrons. The van der Waals surface area contributed by atoms with Gasteiger partial charge in [-0.05, 0) is 42.8 Å². The Labute approximate surface area is 164 Å². The minimum atomic E-state index is -4.61. The Hall–Kier alpha value is -2.87. The molecule has 0 aliphatic carbocycles. The second kappa shape index (κ2) is 8.43. The Morgan fingerprint density at radius 2 is 1.86 bits per heavy atom. The lowest BCUT2D eigenvalue weighted by Crippen LogP contribution is -2.18. The molecule has 1 aromatic heterocycles. The molecule has 0 atom stereocenters. The van der Waals surface area contributed by atoms with Gasteiger partial charge in [-0.15, -0.1) is 11.3 Å². The molecule has 0 unspecified atom stereocenters. The quantitative estimate of drug-likeness (QED) is 0.557. The van der Waals surface area contributed by atoms with Gasteiger partial charge >= 0.3 is 6.18 Å². The van der Waals surface area contributed by atoms with Crippen molar-refractivity contribution in [1.82, 2.24) is 4.98 Å². The molecule has 0 aliphatic rings. The molecule has 0 aliphatic heterocycles. The van der Waals surface area contributed by atoms with Crippen LogP contribution in [0.5, 0.6) is 5.75 Å². The van der Waals surface area contributed by atoms with Crippen molar-refractivity contribution in [2.75, 3.05) is 11.9 Å². The molecule has 28 heavy (non-hydrogen) atoms. The highest BCUT2D eigenvalue weighted by atomic mass is 32.1. The number of nitrogens with one attached hydrogen (secondary N) is 1. The SMILES string of the molecule is CCCOc1ccc(-c2csc(NC(=O)c3ccccc3C(F)(F)F)n2)cc1. The summed E-state index contributed by atoms with van der Waals surface area (Å²) >= 11 is 1.14. The van der Waals surface area contributed by atoms with Crippen LogP contribution in [0.4, 0.5) is 18.3 Å². The second-order valence-corrected chi connectivity index (χ2v) is 6.77.